The van der Waals surface area contributed by atoms with Crippen LogP contribution in [-0.4, -0.2) is 72.7 Å². The molecule has 2 saturated heterocycles. The van der Waals surface area contributed by atoms with Crippen LogP contribution in [0.2, 0.25) is 0 Å². The van der Waals surface area contributed by atoms with Crippen LogP contribution in [0.25, 0.3) is 0 Å². The number of fused-ring (bicyclic) bond motifs is 1. The summed E-state index contributed by atoms with van der Waals surface area (Å²) in [5, 5.41) is 0. The zero-order chi connectivity index (χ0) is 20.9. The Morgan fingerprint density at radius 1 is 1.03 bits per heavy atom. The molecule has 1 aromatic carbocycles. The molecule has 2 fully saturated rings. The van der Waals surface area contributed by atoms with Crippen molar-refractivity contribution >= 4 is 5.91 Å². The summed E-state index contributed by atoms with van der Waals surface area (Å²) in [5.74, 6) is 2.80. The average molecular weight is 416 g/mol. The van der Waals surface area contributed by atoms with Crippen molar-refractivity contribution in [3.05, 3.63) is 23.8 Å². The third-order valence-corrected chi connectivity index (χ3v) is 6.75. The fraction of sp³-hybridized carbons (Fsp3) is 0.708. The number of rotatable bonds is 7. The molecule has 0 spiro atoms. The third kappa shape index (κ3) is 5.46. The number of likely N-dealkylation sites (tertiary alicyclic amines) is 1. The number of hydrogen-bond acceptors (Lipinski definition) is 5. The summed E-state index contributed by atoms with van der Waals surface area (Å²) in [5.41, 5.74) is 1.28. The van der Waals surface area contributed by atoms with Crippen LogP contribution in [0.15, 0.2) is 18.2 Å². The molecule has 0 aliphatic carbocycles. The van der Waals surface area contributed by atoms with Crippen LogP contribution in [-0.2, 0) is 11.3 Å². The van der Waals surface area contributed by atoms with E-state index in [0.717, 1.165) is 76.6 Å². The van der Waals surface area contributed by atoms with Crippen LogP contribution in [0.4, 0.5) is 0 Å². The van der Waals surface area contributed by atoms with Gasteiger partial charge in [0.1, 0.15) is 0 Å². The predicted molar refractivity (Wildman–Crippen MR) is 118 cm³/mol. The number of carbonyl (C=O) groups is 1. The van der Waals surface area contributed by atoms with Crippen molar-refractivity contribution in [3.8, 4) is 11.5 Å². The van der Waals surface area contributed by atoms with Gasteiger partial charge in [-0.25, -0.2) is 0 Å². The van der Waals surface area contributed by atoms with E-state index >= 15 is 0 Å². The summed E-state index contributed by atoms with van der Waals surface area (Å²) in [6.07, 6.45) is 5.19. The van der Waals surface area contributed by atoms with Gasteiger partial charge < -0.3 is 14.4 Å². The predicted octanol–water partition coefficient (Wildman–Crippen LogP) is 3.35. The molecule has 0 saturated carbocycles. The fourth-order valence-corrected chi connectivity index (χ4v) is 4.90. The van der Waals surface area contributed by atoms with E-state index in [1.165, 1.54) is 12.0 Å². The van der Waals surface area contributed by atoms with Crippen molar-refractivity contribution in [2.45, 2.75) is 58.5 Å². The lowest BCUT2D eigenvalue weighted by atomic mass is 10.1. The standard InChI is InChI=1S/C24H37N3O3/c1-19(2)4-3-10-27-11-9-21(6-8-24(27)28)26-14-12-25(13-15-26)17-20-5-7-22-23(16-20)30-18-29-22/h5,7,16,19,21H,3-4,6,8-15,17-18H2,1-2H3. The molecule has 6 nitrogen and oxygen atoms in total. The number of nitrogens with zero attached hydrogens (tertiary/aromatic N) is 3. The molecule has 0 N–H and O–H groups in total. The minimum atomic E-state index is 0.330. The molecule has 0 radical (unpaired) electrons. The van der Waals surface area contributed by atoms with Gasteiger partial charge in [-0.3, -0.25) is 14.6 Å². The Balaban J connectivity index is 1.22. The highest BCUT2D eigenvalue weighted by atomic mass is 16.7. The van der Waals surface area contributed by atoms with E-state index in [-0.39, 0.29) is 0 Å². The molecule has 1 atom stereocenters. The second-order valence-electron chi connectivity index (χ2n) is 9.40. The number of amides is 1. The first-order valence-electron chi connectivity index (χ1n) is 11.7. The summed E-state index contributed by atoms with van der Waals surface area (Å²) in [6.45, 7) is 12.0. The first-order chi connectivity index (χ1) is 14.6. The van der Waals surface area contributed by atoms with Crippen molar-refractivity contribution < 1.29 is 14.3 Å². The molecule has 166 valence electrons. The highest BCUT2D eigenvalue weighted by Crippen LogP contribution is 2.33. The molecular weight excluding hydrogens is 378 g/mol. The van der Waals surface area contributed by atoms with Gasteiger partial charge in [-0.2, -0.15) is 0 Å². The van der Waals surface area contributed by atoms with E-state index in [2.05, 4.69) is 40.7 Å². The number of piperazine rings is 1. The van der Waals surface area contributed by atoms with Gasteiger partial charge in [0.2, 0.25) is 12.7 Å². The topological polar surface area (TPSA) is 45.2 Å². The molecule has 1 unspecified atom stereocenters. The first kappa shape index (κ1) is 21.4. The molecule has 0 bridgehead atoms. The Kier molecular flexibility index (Phi) is 7.16. The largest absolute Gasteiger partial charge is 0.454 e. The van der Waals surface area contributed by atoms with Gasteiger partial charge in [0, 0.05) is 58.3 Å². The molecule has 6 heteroatoms. The second kappa shape index (κ2) is 10.0. The van der Waals surface area contributed by atoms with E-state index in [9.17, 15) is 4.79 Å². The third-order valence-electron chi connectivity index (χ3n) is 6.75. The molecule has 3 heterocycles. The van der Waals surface area contributed by atoms with Gasteiger partial charge in [0.25, 0.3) is 0 Å². The van der Waals surface area contributed by atoms with Gasteiger partial charge in [-0.15, -0.1) is 0 Å². The normalized spacial score (nSPS) is 23.2. The lowest BCUT2D eigenvalue weighted by Gasteiger charge is -2.39. The smallest absolute Gasteiger partial charge is 0.231 e. The lowest BCUT2D eigenvalue weighted by Crippen LogP contribution is -2.50. The summed E-state index contributed by atoms with van der Waals surface area (Å²) < 4.78 is 10.9. The monoisotopic (exact) mass is 415 g/mol. The van der Waals surface area contributed by atoms with Crippen molar-refractivity contribution in [2.24, 2.45) is 5.92 Å². The maximum absolute atomic E-state index is 12.5. The number of benzene rings is 1. The molecule has 4 rings (SSSR count). The van der Waals surface area contributed by atoms with E-state index in [0.29, 0.717) is 31.1 Å². The van der Waals surface area contributed by atoms with Crippen molar-refractivity contribution in [2.75, 3.05) is 46.1 Å². The van der Waals surface area contributed by atoms with E-state index in [4.69, 9.17) is 9.47 Å². The quantitative estimate of drug-likeness (QED) is 0.683. The Morgan fingerprint density at radius 2 is 1.83 bits per heavy atom. The minimum Gasteiger partial charge on any atom is -0.454 e. The molecule has 3 aliphatic rings. The Morgan fingerprint density at radius 3 is 2.63 bits per heavy atom. The van der Waals surface area contributed by atoms with Crippen LogP contribution in [0, 0.1) is 5.92 Å². The van der Waals surface area contributed by atoms with Crippen molar-refractivity contribution in [1.29, 1.82) is 0 Å². The zero-order valence-electron chi connectivity index (χ0n) is 18.6. The number of ether oxygens (including phenoxy) is 2. The Hall–Kier alpha value is -1.79. The second-order valence-corrected chi connectivity index (χ2v) is 9.40. The molecule has 1 aromatic rings. The Bertz CT molecular complexity index is 716. The van der Waals surface area contributed by atoms with Crippen molar-refractivity contribution in [3.63, 3.8) is 0 Å². The van der Waals surface area contributed by atoms with Gasteiger partial charge >= 0.3 is 0 Å². The highest BCUT2D eigenvalue weighted by molar-refractivity contribution is 5.76. The molecule has 0 aromatic heterocycles. The average Bonchev–Trinajstić information content (AvgIpc) is 3.12. The van der Waals surface area contributed by atoms with E-state index in [1.807, 2.05) is 6.07 Å². The SMILES string of the molecule is CC(C)CCCN1CCC(N2CCN(Cc3ccc4c(c3)OCO4)CC2)CCC1=O. The van der Waals surface area contributed by atoms with Gasteiger partial charge in [0.05, 0.1) is 0 Å². The summed E-state index contributed by atoms with van der Waals surface area (Å²) >= 11 is 0. The van der Waals surface area contributed by atoms with Crippen LogP contribution in [0.5, 0.6) is 11.5 Å². The Labute approximate surface area is 181 Å². The van der Waals surface area contributed by atoms with E-state index < -0.39 is 0 Å². The molecule has 3 aliphatic heterocycles. The maximum Gasteiger partial charge on any atom is 0.231 e. The van der Waals surface area contributed by atoms with Crippen LogP contribution >= 0.6 is 0 Å². The number of hydrogen-bond donors (Lipinski definition) is 0. The van der Waals surface area contributed by atoms with Crippen LogP contribution < -0.4 is 9.47 Å². The zero-order valence-corrected chi connectivity index (χ0v) is 18.6. The highest BCUT2D eigenvalue weighted by Gasteiger charge is 2.28. The van der Waals surface area contributed by atoms with Gasteiger partial charge in [-0.05, 0) is 49.3 Å². The van der Waals surface area contributed by atoms with Gasteiger partial charge in [-0.1, -0.05) is 19.9 Å². The van der Waals surface area contributed by atoms with Crippen molar-refractivity contribution in [1.82, 2.24) is 14.7 Å². The first-order valence-corrected chi connectivity index (χ1v) is 11.7. The summed E-state index contributed by atoms with van der Waals surface area (Å²) in [7, 11) is 0. The molecule has 1 amide bonds. The van der Waals surface area contributed by atoms with Crippen LogP contribution in [0.3, 0.4) is 0 Å². The maximum atomic E-state index is 12.5. The summed E-state index contributed by atoms with van der Waals surface area (Å²) in [4.78, 5) is 19.8. The number of carbonyl (C=O) groups excluding carboxylic acids is 1. The molecular formula is C24H37N3O3. The van der Waals surface area contributed by atoms with Gasteiger partial charge in [0.15, 0.2) is 11.5 Å². The van der Waals surface area contributed by atoms with Crippen LogP contribution in [0.1, 0.15) is 51.5 Å². The van der Waals surface area contributed by atoms with E-state index in [1.54, 1.807) is 0 Å². The summed E-state index contributed by atoms with van der Waals surface area (Å²) in [6, 6.07) is 6.82. The lowest BCUT2D eigenvalue weighted by molar-refractivity contribution is -0.130. The molecule has 30 heavy (non-hydrogen) atoms. The minimum absolute atomic E-state index is 0.330. The fourth-order valence-electron chi connectivity index (χ4n) is 4.90.